The minimum Gasteiger partial charge on any atom is -0.381 e. The minimum atomic E-state index is -0.164. The van der Waals surface area contributed by atoms with Crippen LogP contribution in [0.4, 0.5) is 11.4 Å². The molecule has 0 saturated heterocycles. The summed E-state index contributed by atoms with van der Waals surface area (Å²) in [4.78, 5) is 16.2. The number of carbonyl (C=O) groups excluding carboxylic acids is 1. The summed E-state index contributed by atoms with van der Waals surface area (Å²) in [6.07, 6.45) is 3.58. The van der Waals surface area contributed by atoms with Crippen molar-refractivity contribution in [2.45, 2.75) is 6.54 Å². The summed E-state index contributed by atoms with van der Waals surface area (Å²) < 4.78 is 0. The lowest BCUT2D eigenvalue weighted by molar-refractivity contribution is 0.102. The summed E-state index contributed by atoms with van der Waals surface area (Å²) in [5.74, 6) is -0.164. The maximum atomic E-state index is 12.1. The van der Waals surface area contributed by atoms with Gasteiger partial charge in [-0.15, -0.1) is 0 Å². The molecule has 0 atom stereocenters. The van der Waals surface area contributed by atoms with E-state index < -0.39 is 0 Å². The molecule has 1 heterocycles. The lowest BCUT2D eigenvalue weighted by Crippen LogP contribution is -2.11. The zero-order valence-corrected chi connectivity index (χ0v) is 13.6. The first kappa shape index (κ1) is 16.0. The van der Waals surface area contributed by atoms with Crippen LogP contribution in [-0.2, 0) is 6.54 Å². The Hall–Kier alpha value is -2.85. The smallest absolute Gasteiger partial charge is 0.255 e. The Bertz CT molecular complexity index is 802. The van der Waals surface area contributed by atoms with Gasteiger partial charge in [0.2, 0.25) is 0 Å². The summed E-state index contributed by atoms with van der Waals surface area (Å²) in [6.45, 7) is 0.699. The Kier molecular flexibility index (Phi) is 5.08. The number of nitrogens with one attached hydrogen (secondary N) is 2. The maximum Gasteiger partial charge on any atom is 0.255 e. The van der Waals surface area contributed by atoms with Crippen molar-refractivity contribution in [2.75, 3.05) is 10.6 Å². The second-order valence-electron chi connectivity index (χ2n) is 5.25. The number of nitrogens with zero attached hydrogens (tertiary/aromatic N) is 1. The van der Waals surface area contributed by atoms with Crippen LogP contribution in [-0.4, -0.2) is 10.9 Å². The molecule has 1 aromatic heterocycles. The topological polar surface area (TPSA) is 54.0 Å². The molecule has 3 aromatic rings. The molecule has 0 spiro atoms. The van der Waals surface area contributed by atoms with Gasteiger partial charge in [0.25, 0.3) is 5.91 Å². The van der Waals surface area contributed by atoms with E-state index in [1.54, 1.807) is 30.5 Å². The van der Waals surface area contributed by atoms with Gasteiger partial charge in [-0.2, -0.15) is 0 Å². The highest BCUT2D eigenvalue weighted by atomic mass is 35.5. The maximum absolute atomic E-state index is 12.1. The molecule has 2 aromatic carbocycles. The standard InChI is InChI=1S/C19H16ClN3O/c20-16-5-3-15(4-6-16)19(24)23-18-9-7-17(8-10-18)22-13-14-2-1-11-21-12-14/h1-12,22H,13H2,(H,23,24). The first-order chi connectivity index (χ1) is 11.7. The molecule has 4 nitrogen and oxygen atoms in total. The molecule has 0 saturated carbocycles. The summed E-state index contributed by atoms with van der Waals surface area (Å²) >= 11 is 5.83. The van der Waals surface area contributed by atoms with Crippen molar-refractivity contribution < 1.29 is 4.79 Å². The van der Waals surface area contributed by atoms with Crippen molar-refractivity contribution in [3.63, 3.8) is 0 Å². The van der Waals surface area contributed by atoms with Gasteiger partial charge in [-0.3, -0.25) is 9.78 Å². The van der Waals surface area contributed by atoms with Gasteiger partial charge in [-0.25, -0.2) is 0 Å². The third kappa shape index (κ3) is 4.33. The Morgan fingerprint density at radius 2 is 1.67 bits per heavy atom. The Balaban J connectivity index is 1.58. The number of amides is 1. The SMILES string of the molecule is O=C(Nc1ccc(NCc2cccnc2)cc1)c1ccc(Cl)cc1. The molecule has 2 N–H and O–H groups in total. The van der Waals surface area contributed by atoms with Crippen LogP contribution in [0.1, 0.15) is 15.9 Å². The molecule has 120 valence electrons. The van der Waals surface area contributed by atoms with Crippen LogP contribution in [0.5, 0.6) is 0 Å². The lowest BCUT2D eigenvalue weighted by atomic mass is 10.2. The average Bonchev–Trinajstić information content (AvgIpc) is 2.62. The summed E-state index contributed by atoms with van der Waals surface area (Å²) in [5, 5.41) is 6.78. The fourth-order valence-corrected chi connectivity index (χ4v) is 2.31. The van der Waals surface area contributed by atoms with Crippen LogP contribution in [0.15, 0.2) is 73.1 Å². The van der Waals surface area contributed by atoms with Gasteiger partial charge in [0.05, 0.1) is 0 Å². The highest BCUT2D eigenvalue weighted by molar-refractivity contribution is 6.30. The first-order valence-corrected chi connectivity index (χ1v) is 7.88. The number of anilines is 2. The molecule has 0 unspecified atom stereocenters. The van der Waals surface area contributed by atoms with Gasteiger partial charge in [0, 0.05) is 40.9 Å². The number of pyridine rings is 1. The van der Waals surface area contributed by atoms with E-state index in [2.05, 4.69) is 15.6 Å². The molecule has 0 aliphatic carbocycles. The van der Waals surface area contributed by atoms with Crippen molar-refractivity contribution in [2.24, 2.45) is 0 Å². The Labute approximate surface area is 145 Å². The van der Waals surface area contributed by atoms with Crippen LogP contribution in [0, 0.1) is 0 Å². The van der Waals surface area contributed by atoms with E-state index in [9.17, 15) is 4.79 Å². The van der Waals surface area contributed by atoms with Gasteiger partial charge >= 0.3 is 0 Å². The van der Waals surface area contributed by atoms with Crippen molar-refractivity contribution >= 4 is 28.9 Å². The summed E-state index contributed by atoms with van der Waals surface area (Å²) in [5.41, 5.74) is 3.39. The third-order valence-corrected chi connectivity index (χ3v) is 3.72. The quantitative estimate of drug-likeness (QED) is 0.715. The van der Waals surface area contributed by atoms with Crippen LogP contribution in [0.3, 0.4) is 0 Å². The molecule has 5 heteroatoms. The van der Waals surface area contributed by atoms with Crippen molar-refractivity contribution in [1.29, 1.82) is 0 Å². The van der Waals surface area contributed by atoms with Gasteiger partial charge in [-0.1, -0.05) is 17.7 Å². The van der Waals surface area contributed by atoms with Gasteiger partial charge in [0.1, 0.15) is 0 Å². The molecular weight excluding hydrogens is 322 g/mol. The van der Waals surface area contributed by atoms with Gasteiger partial charge < -0.3 is 10.6 Å². The summed E-state index contributed by atoms with van der Waals surface area (Å²) in [6, 6.07) is 18.3. The van der Waals surface area contributed by atoms with E-state index in [1.165, 1.54) is 0 Å². The van der Waals surface area contributed by atoms with Crippen molar-refractivity contribution in [3.05, 3.63) is 89.2 Å². The second-order valence-corrected chi connectivity index (χ2v) is 5.69. The Morgan fingerprint density at radius 1 is 0.958 bits per heavy atom. The fraction of sp³-hybridized carbons (Fsp3) is 0.0526. The van der Waals surface area contributed by atoms with Crippen molar-refractivity contribution in [3.8, 4) is 0 Å². The number of benzene rings is 2. The van der Waals surface area contributed by atoms with Crippen molar-refractivity contribution in [1.82, 2.24) is 4.98 Å². The van der Waals surface area contributed by atoms with Crippen LogP contribution in [0.25, 0.3) is 0 Å². The lowest BCUT2D eigenvalue weighted by Gasteiger charge is -2.09. The molecular formula is C19H16ClN3O. The normalized spacial score (nSPS) is 10.2. The van der Waals surface area contributed by atoms with E-state index in [1.807, 2.05) is 42.6 Å². The number of aromatic nitrogens is 1. The fourth-order valence-electron chi connectivity index (χ4n) is 2.18. The van der Waals surface area contributed by atoms with Gasteiger partial charge in [-0.05, 0) is 60.2 Å². The van der Waals surface area contributed by atoms with E-state index in [0.29, 0.717) is 17.1 Å². The van der Waals surface area contributed by atoms with E-state index >= 15 is 0 Å². The monoisotopic (exact) mass is 337 g/mol. The number of hydrogen-bond donors (Lipinski definition) is 2. The Morgan fingerprint density at radius 3 is 2.33 bits per heavy atom. The number of rotatable bonds is 5. The molecule has 1 amide bonds. The van der Waals surface area contributed by atoms with E-state index in [0.717, 1.165) is 16.9 Å². The predicted molar refractivity (Wildman–Crippen MR) is 97.4 cm³/mol. The van der Waals surface area contributed by atoms with E-state index in [-0.39, 0.29) is 5.91 Å². The first-order valence-electron chi connectivity index (χ1n) is 7.50. The molecule has 0 aliphatic heterocycles. The predicted octanol–water partition coefficient (Wildman–Crippen LogP) is 4.60. The molecule has 0 bridgehead atoms. The van der Waals surface area contributed by atoms with E-state index in [4.69, 9.17) is 11.6 Å². The zero-order valence-electron chi connectivity index (χ0n) is 12.9. The zero-order chi connectivity index (χ0) is 16.8. The van der Waals surface area contributed by atoms with Crippen LogP contribution < -0.4 is 10.6 Å². The van der Waals surface area contributed by atoms with Crippen LogP contribution >= 0.6 is 11.6 Å². The average molecular weight is 338 g/mol. The number of hydrogen-bond acceptors (Lipinski definition) is 3. The van der Waals surface area contributed by atoms with Gasteiger partial charge in [0.15, 0.2) is 0 Å². The third-order valence-electron chi connectivity index (χ3n) is 3.47. The minimum absolute atomic E-state index is 0.164. The molecule has 3 rings (SSSR count). The molecule has 24 heavy (non-hydrogen) atoms. The van der Waals surface area contributed by atoms with Crippen LogP contribution in [0.2, 0.25) is 5.02 Å². The second kappa shape index (κ2) is 7.62. The highest BCUT2D eigenvalue weighted by Gasteiger charge is 2.05. The number of halogens is 1. The highest BCUT2D eigenvalue weighted by Crippen LogP contribution is 2.16. The molecule has 0 aliphatic rings. The molecule has 0 radical (unpaired) electrons. The molecule has 0 fully saturated rings. The largest absolute Gasteiger partial charge is 0.381 e. The number of carbonyl (C=O) groups is 1. The summed E-state index contributed by atoms with van der Waals surface area (Å²) in [7, 11) is 0.